The normalized spacial score (nSPS) is 12.3. The highest BCUT2D eigenvalue weighted by Gasteiger charge is 2.29. The number of hydrogen-bond donors (Lipinski definition) is 4. The van der Waals surface area contributed by atoms with Gasteiger partial charge in [0.15, 0.2) is 23.6 Å². The number of nitrogens with zero attached hydrogens (tertiary/aromatic N) is 2. The number of aldehydes is 1. The van der Waals surface area contributed by atoms with Crippen LogP contribution in [0.4, 0.5) is 5.82 Å². The van der Waals surface area contributed by atoms with Crippen LogP contribution in [0.25, 0.3) is 0 Å². The van der Waals surface area contributed by atoms with Gasteiger partial charge in [0.25, 0.3) is 0 Å². The highest BCUT2D eigenvalue weighted by atomic mass is 16.3. The lowest BCUT2D eigenvalue weighted by atomic mass is 9.98. The Morgan fingerprint density at radius 3 is 2.32 bits per heavy atom. The van der Waals surface area contributed by atoms with Gasteiger partial charge in [0.1, 0.15) is 11.4 Å². The van der Waals surface area contributed by atoms with Crippen LogP contribution in [-0.4, -0.2) is 47.6 Å². The molecule has 0 aromatic carbocycles. The van der Waals surface area contributed by atoms with Crippen molar-refractivity contribution in [1.29, 1.82) is 0 Å². The van der Waals surface area contributed by atoms with Crippen LogP contribution < -0.4 is 16.0 Å². The summed E-state index contributed by atoms with van der Waals surface area (Å²) in [5.74, 6) is -0.277. The Morgan fingerprint density at radius 1 is 1.32 bits per heavy atom. The zero-order valence-electron chi connectivity index (χ0n) is 19.3. The summed E-state index contributed by atoms with van der Waals surface area (Å²) >= 11 is 0. The van der Waals surface area contributed by atoms with Crippen molar-refractivity contribution in [2.24, 2.45) is 7.05 Å². The molecule has 1 aliphatic carbocycles. The maximum absolute atomic E-state index is 11.8. The third kappa shape index (κ3) is 9.19. The second kappa shape index (κ2) is 17.3. The number of nitrogens with one attached hydrogen (secondary N) is 3. The number of carbonyl (C=O) groups excluding carboxylic acids is 2. The molecule has 1 aromatic heterocycles. The van der Waals surface area contributed by atoms with Crippen LogP contribution in [0.3, 0.4) is 0 Å². The van der Waals surface area contributed by atoms with E-state index in [9.17, 15) is 14.7 Å². The molecule has 2 rings (SSSR count). The number of hydrogen-bond acceptors (Lipinski definition) is 7. The largest absolute Gasteiger partial charge is 0.503 e. The summed E-state index contributed by atoms with van der Waals surface area (Å²) in [7, 11) is 5.29. The van der Waals surface area contributed by atoms with Gasteiger partial charge < -0.3 is 21.1 Å². The van der Waals surface area contributed by atoms with E-state index in [4.69, 9.17) is 0 Å². The van der Waals surface area contributed by atoms with Gasteiger partial charge in [-0.15, -0.1) is 12.8 Å². The molecule has 8 heteroatoms. The SMILES string of the molecule is C#C.C=C/C=C\C(=C/C)CNC1=C(Nc2nn(C)c(C=O)c2O)C(=O)C1.CC.CNC. The lowest BCUT2D eigenvalue weighted by Gasteiger charge is -2.24. The van der Waals surface area contributed by atoms with E-state index in [0.717, 1.165) is 11.3 Å². The number of allylic oxidation sites excluding steroid dienone is 5. The van der Waals surface area contributed by atoms with Crippen LogP contribution >= 0.6 is 0 Å². The lowest BCUT2D eigenvalue weighted by Crippen LogP contribution is -2.33. The molecule has 1 aromatic rings. The average Bonchev–Trinajstić information content (AvgIpc) is 3.06. The van der Waals surface area contributed by atoms with Gasteiger partial charge in [-0.1, -0.05) is 44.7 Å². The minimum Gasteiger partial charge on any atom is -0.503 e. The number of aryl methyl sites for hydroxylation is 1. The number of anilines is 1. The highest BCUT2D eigenvalue weighted by Crippen LogP contribution is 2.30. The summed E-state index contributed by atoms with van der Waals surface area (Å²) in [5.41, 5.74) is 2.18. The number of aromatic hydroxyl groups is 1. The monoisotopic (exact) mass is 429 g/mol. The second-order valence-electron chi connectivity index (χ2n) is 5.71. The molecule has 0 bridgehead atoms. The van der Waals surface area contributed by atoms with Gasteiger partial charge in [-0.05, 0) is 26.6 Å². The van der Waals surface area contributed by atoms with Gasteiger partial charge in [0, 0.05) is 19.3 Å². The molecule has 4 N–H and O–H groups in total. The number of ketones is 1. The summed E-state index contributed by atoms with van der Waals surface area (Å²) < 4.78 is 1.25. The predicted octanol–water partition coefficient (Wildman–Crippen LogP) is 2.92. The molecule has 0 saturated carbocycles. The first-order chi connectivity index (χ1) is 14.9. The van der Waals surface area contributed by atoms with E-state index in [1.807, 2.05) is 53.1 Å². The van der Waals surface area contributed by atoms with Crippen LogP contribution in [0.5, 0.6) is 5.75 Å². The van der Waals surface area contributed by atoms with Crippen molar-refractivity contribution in [3.05, 3.63) is 53.5 Å². The molecule has 0 aliphatic heterocycles. The molecule has 31 heavy (non-hydrogen) atoms. The fourth-order valence-electron chi connectivity index (χ4n) is 2.21. The predicted molar refractivity (Wildman–Crippen MR) is 128 cm³/mol. The van der Waals surface area contributed by atoms with E-state index < -0.39 is 0 Å². The highest BCUT2D eigenvalue weighted by molar-refractivity contribution is 6.06. The fourth-order valence-corrected chi connectivity index (χ4v) is 2.21. The molecule has 0 radical (unpaired) electrons. The number of carbonyl (C=O) groups is 2. The molecule has 1 heterocycles. The first kappa shape index (κ1) is 29.6. The Balaban J connectivity index is 0. The van der Waals surface area contributed by atoms with E-state index in [1.54, 1.807) is 6.08 Å². The van der Waals surface area contributed by atoms with Crippen molar-refractivity contribution in [2.75, 3.05) is 26.0 Å². The molecule has 0 spiro atoms. The van der Waals surface area contributed by atoms with Crippen molar-refractivity contribution in [1.82, 2.24) is 20.4 Å². The molecule has 1 aliphatic rings. The summed E-state index contributed by atoms with van der Waals surface area (Å²) in [6, 6.07) is 0. The fraction of sp³-hybridized carbons (Fsp3) is 0.348. The third-order valence-electron chi connectivity index (χ3n) is 3.66. The Hall–Kier alpha value is -3.57. The van der Waals surface area contributed by atoms with Crippen LogP contribution in [0.1, 0.15) is 37.7 Å². The van der Waals surface area contributed by atoms with Gasteiger partial charge in [-0.3, -0.25) is 14.3 Å². The molecular formula is C23H35N5O3. The molecule has 0 fully saturated rings. The maximum atomic E-state index is 11.8. The third-order valence-corrected chi connectivity index (χ3v) is 3.66. The summed E-state index contributed by atoms with van der Waals surface area (Å²) in [6.45, 7) is 10.1. The van der Waals surface area contributed by atoms with Gasteiger partial charge >= 0.3 is 0 Å². The van der Waals surface area contributed by atoms with Crippen molar-refractivity contribution < 1.29 is 14.7 Å². The summed E-state index contributed by atoms with van der Waals surface area (Å²) in [4.78, 5) is 22.7. The first-order valence-electron chi connectivity index (χ1n) is 9.77. The zero-order chi connectivity index (χ0) is 24.4. The topological polar surface area (TPSA) is 108 Å². The van der Waals surface area contributed by atoms with Crippen molar-refractivity contribution in [2.45, 2.75) is 27.2 Å². The minimum absolute atomic E-state index is 0.0464. The second-order valence-corrected chi connectivity index (χ2v) is 5.71. The number of Topliss-reactive ketones (excluding diaryl/α,β-unsaturated/α-hetero) is 1. The zero-order valence-corrected chi connectivity index (χ0v) is 19.3. The summed E-state index contributed by atoms with van der Waals surface area (Å²) in [5, 5.41) is 22.7. The Bertz CT molecular complexity index is 830. The number of aromatic nitrogens is 2. The van der Waals surface area contributed by atoms with Gasteiger partial charge in [-0.2, -0.15) is 5.10 Å². The van der Waals surface area contributed by atoms with Crippen LogP contribution in [0.15, 0.2) is 47.9 Å². The van der Waals surface area contributed by atoms with Gasteiger partial charge in [-0.25, -0.2) is 0 Å². The average molecular weight is 430 g/mol. The molecule has 0 saturated heterocycles. The quantitative estimate of drug-likeness (QED) is 0.286. The Labute approximate surface area is 185 Å². The first-order valence-corrected chi connectivity index (χ1v) is 9.77. The van der Waals surface area contributed by atoms with E-state index in [2.05, 4.69) is 40.5 Å². The Morgan fingerprint density at radius 2 is 1.90 bits per heavy atom. The van der Waals surface area contributed by atoms with E-state index in [1.165, 1.54) is 11.7 Å². The Kier molecular flexibility index (Phi) is 16.5. The number of rotatable bonds is 8. The summed E-state index contributed by atoms with van der Waals surface area (Å²) in [6.07, 6.45) is 16.2. The van der Waals surface area contributed by atoms with Gasteiger partial charge in [0.2, 0.25) is 0 Å². The molecule has 0 unspecified atom stereocenters. The number of terminal acetylenes is 1. The minimum atomic E-state index is -0.276. The van der Waals surface area contributed by atoms with E-state index >= 15 is 0 Å². The standard InChI is InChI=1S/C17H20N4O3.C2H7N.C2H6.C2H2/c1-4-6-7-11(5-2)9-18-12-8-14(23)15(12)19-17-16(24)13(10-22)21(3)20-17;1-3-2;2*1-2/h4-7,10,18,24H,1,8-9H2,2-3H3,(H,19,20);3H,1-2H3;1-2H3;1-2H/b7-6-,11-5+;;;. The van der Waals surface area contributed by atoms with Crippen LogP contribution in [0, 0.1) is 12.8 Å². The molecule has 170 valence electrons. The van der Waals surface area contributed by atoms with E-state index in [0.29, 0.717) is 24.9 Å². The smallest absolute Gasteiger partial charge is 0.195 e. The van der Waals surface area contributed by atoms with Gasteiger partial charge in [0.05, 0.1) is 6.42 Å². The maximum Gasteiger partial charge on any atom is 0.195 e. The van der Waals surface area contributed by atoms with Crippen LogP contribution in [0.2, 0.25) is 0 Å². The molecule has 0 amide bonds. The van der Waals surface area contributed by atoms with Crippen molar-refractivity contribution >= 4 is 17.9 Å². The van der Waals surface area contributed by atoms with E-state index in [-0.39, 0.29) is 23.0 Å². The molecular weight excluding hydrogens is 394 g/mol. The molecule has 8 nitrogen and oxygen atoms in total. The lowest BCUT2D eigenvalue weighted by molar-refractivity contribution is -0.116. The van der Waals surface area contributed by atoms with Crippen LogP contribution in [-0.2, 0) is 11.8 Å². The van der Waals surface area contributed by atoms with Crippen molar-refractivity contribution in [3.8, 4) is 18.6 Å². The molecule has 0 atom stereocenters. The van der Waals surface area contributed by atoms with Crippen molar-refractivity contribution in [3.63, 3.8) is 0 Å².